The number of aryl methyl sites for hydroxylation is 1. The zero-order valence-electron chi connectivity index (χ0n) is 18.5. The molecule has 2 aliphatic rings. The van der Waals surface area contributed by atoms with E-state index in [1.165, 1.54) is 0 Å². The summed E-state index contributed by atoms with van der Waals surface area (Å²) >= 11 is 0. The van der Waals surface area contributed by atoms with Crippen LogP contribution in [0.3, 0.4) is 0 Å². The highest BCUT2D eigenvalue weighted by Gasteiger charge is 2.32. The van der Waals surface area contributed by atoms with Gasteiger partial charge in [0, 0.05) is 18.2 Å². The number of hydrogen-bond acceptors (Lipinski definition) is 3. The number of carbonyl (C=O) groups is 2. The van der Waals surface area contributed by atoms with Crippen molar-refractivity contribution in [3.8, 4) is 16.9 Å². The third kappa shape index (κ3) is 4.14. The lowest BCUT2D eigenvalue weighted by molar-refractivity contribution is 0.0692. The van der Waals surface area contributed by atoms with Crippen LogP contribution < -0.4 is 4.74 Å². The minimum Gasteiger partial charge on any atom is -0.489 e. The molecule has 1 aliphatic carbocycles. The highest BCUT2D eigenvalue weighted by molar-refractivity contribution is 5.98. The maximum absolute atomic E-state index is 12.8. The van der Waals surface area contributed by atoms with Crippen LogP contribution in [0.5, 0.6) is 5.75 Å². The smallest absolute Gasteiger partial charge is 0.335 e. The molecule has 0 atom stereocenters. The van der Waals surface area contributed by atoms with Gasteiger partial charge in [0.25, 0.3) is 5.91 Å². The lowest BCUT2D eigenvalue weighted by Crippen LogP contribution is -2.33. The monoisotopic (exact) mass is 439 g/mol. The van der Waals surface area contributed by atoms with E-state index in [2.05, 4.69) is 12.2 Å². The molecule has 0 saturated carbocycles. The summed E-state index contributed by atoms with van der Waals surface area (Å²) in [7, 11) is 0. The molecule has 3 aromatic carbocycles. The van der Waals surface area contributed by atoms with Crippen LogP contribution in [0, 0.1) is 6.92 Å². The molecule has 33 heavy (non-hydrogen) atoms. The van der Waals surface area contributed by atoms with Gasteiger partial charge in [-0.1, -0.05) is 42.5 Å². The number of amides is 1. The number of carbonyl (C=O) groups excluding carboxylic acids is 1. The van der Waals surface area contributed by atoms with E-state index in [-0.39, 0.29) is 11.9 Å². The first-order valence-electron chi connectivity index (χ1n) is 11.1. The molecule has 1 N–H and O–H groups in total. The minimum absolute atomic E-state index is 0.108. The topological polar surface area (TPSA) is 66.8 Å². The second kappa shape index (κ2) is 8.58. The Balaban J connectivity index is 1.30. The van der Waals surface area contributed by atoms with Crippen molar-refractivity contribution >= 4 is 11.9 Å². The van der Waals surface area contributed by atoms with Crippen molar-refractivity contribution in [1.29, 1.82) is 0 Å². The molecule has 1 aliphatic heterocycles. The first kappa shape index (κ1) is 21.0. The maximum Gasteiger partial charge on any atom is 0.335 e. The summed E-state index contributed by atoms with van der Waals surface area (Å²) in [6.45, 7) is 2.81. The second-order valence-corrected chi connectivity index (χ2v) is 8.67. The summed E-state index contributed by atoms with van der Waals surface area (Å²) < 4.78 is 6.05. The normalized spacial score (nSPS) is 15.2. The predicted octanol–water partition coefficient (Wildman–Crippen LogP) is 5.61. The fraction of sp³-hybridized carbons (Fsp3) is 0.214. The van der Waals surface area contributed by atoms with Gasteiger partial charge in [0.1, 0.15) is 12.4 Å². The molecule has 5 rings (SSSR count). The van der Waals surface area contributed by atoms with Gasteiger partial charge in [-0.25, -0.2) is 4.79 Å². The number of benzene rings is 3. The molecular weight excluding hydrogens is 414 g/mol. The number of rotatable bonds is 6. The fourth-order valence-electron chi connectivity index (χ4n) is 4.60. The van der Waals surface area contributed by atoms with E-state index < -0.39 is 5.97 Å². The predicted molar refractivity (Wildman–Crippen MR) is 126 cm³/mol. The molecule has 0 saturated heterocycles. The average molecular weight is 440 g/mol. The van der Waals surface area contributed by atoms with Crippen LogP contribution >= 0.6 is 0 Å². The zero-order valence-corrected chi connectivity index (χ0v) is 18.5. The highest BCUT2D eigenvalue weighted by Crippen LogP contribution is 2.32. The average Bonchev–Trinajstić information content (AvgIpc) is 3.46. The third-order valence-electron chi connectivity index (χ3n) is 6.47. The Morgan fingerprint density at radius 2 is 1.82 bits per heavy atom. The summed E-state index contributed by atoms with van der Waals surface area (Å²) in [6, 6.07) is 19.4. The zero-order chi connectivity index (χ0) is 22.9. The van der Waals surface area contributed by atoms with E-state index in [0.717, 1.165) is 52.0 Å². The van der Waals surface area contributed by atoms with E-state index in [1.54, 1.807) is 13.0 Å². The van der Waals surface area contributed by atoms with Gasteiger partial charge in [0.15, 0.2) is 0 Å². The van der Waals surface area contributed by atoms with Crippen molar-refractivity contribution in [2.24, 2.45) is 0 Å². The van der Waals surface area contributed by atoms with Crippen molar-refractivity contribution in [1.82, 2.24) is 4.90 Å². The molecule has 5 nitrogen and oxygen atoms in total. The van der Waals surface area contributed by atoms with Crippen molar-refractivity contribution < 1.29 is 19.4 Å². The quantitative estimate of drug-likeness (QED) is 0.507. The molecule has 0 unspecified atom stereocenters. The summed E-state index contributed by atoms with van der Waals surface area (Å²) in [5.74, 6) is -0.0784. The summed E-state index contributed by atoms with van der Waals surface area (Å²) in [6.07, 6.45) is 6.13. The first-order valence-corrected chi connectivity index (χ1v) is 11.1. The van der Waals surface area contributed by atoms with Crippen LogP contribution in [0.15, 0.2) is 72.8 Å². The Morgan fingerprint density at radius 3 is 2.61 bits per heavy atom. The molecular formula is C28H25NO4. The van der Waals surface area contributed by atoms with Crippen molar-refractivity contribution in [3.63, 3.8) is 0 Å². The fourth-order valence-corrected chi connectivity index (χ4v) is 4.60. The molecule has 1 heterocycles. The van der Waals surface area contributed by atoms with Crippen molar-refractivity contribution in [2.45, 2.75) is 39.0 Å². The van der Waals surface area contributed by atoms with Gasteiger partial charge in [-0.05, 0) is 77.9 Å². The molecule has 0 bridgehead atoms. The number of fused-ring (bicyclic) bond motifs is 1. The summed E-state index contributed by atoms with van der Waals surface area (Å²) in [5.41, 5.74) is 5.62. The molecule has 1 amide bonds. The van der Waals surface area contributed by atoms with Crippen LogP contribution in [0.4, 0.5) is 0 Å². The highest BCUT2D eigenvalue weighted by atomic mass is 16.5. The Labute approximate surface area is 192 Å². The number of carboxylic acids is 1. The van der Waals surface area contributed by atoms with E-state index >= 15 is 0 Å². The van der Waals surface area contributed by atoms with E-state index in [4.69, 9.17) is 4.74 Å². The summed E-state index contributed by atoms with van der Waals surface area (Å²) in [4.78, 5) is 26.2. The first-order chi connectivity index (χ1) is 16.0. The third-order valence-corrected chi connectivity index (χ3v) is 6.47. The molecule has 0 spiro atoms. The van der Waals surface area contributed by atoms with Gasteiger partial charge in [0.05, 0.1) is 5.56 Å². The largest absolute Gasteiger partial charge is 0.489 e. The molecule has 5 heteroatoms. The lowest BCUT2D eigenvalue weighted by Gasteiger charge is -2.23. The van der Waals surface area contributed by atoms with E-state index in [0.29, 0.717) is 18.7 Å². The molecule has 166 valence electrons. The van der Waals surface area contributed by atoms with Crippen molar-refractivity contribution in [2.75, 3.05) is 0 Å². The molecule has 3 aromatic rings. The summed E-state index contributed by atoms with van der Waals surface area (Å²) in [5, 5.41) is 9.42. The second-order valence-electron chi connectivity index (χ2n) is 8.67. The van der Waals surface area contributed by atoms with Crippen LogP contribution in [0.1, 0.15) is 50.2 Å². The Kier molecular flexibility index (Phi) is 5.47. The Bertz CT molecular complexity index is 1270. The number of carboxylic acid groups (broad SMARTS) is 1. The van der Waals surface area contributed by atoms with Gasteiger partial charge in [-0.2, -0.15) is 0 Å². The van der Waals surface area contributed by atoms with E-state index in [9.17, 15) is 14.7 Å². The molecule has 0 aromatic heterocycles. The van der Waals surface area contributed by atoms with E-state index in [1.807, 2.05) is 59.5 Å². The van der Waals surface area contributed by atoms with Gasteiger partial charge < -0.3 is 14.7 Å². The number of nitrogens with zero attached hydrogens (tertiary/aromatic N) is 1. The van der Waals surface area contributed by atoms with Gasteiger partial charge in [-0.3, -0.25) is 4.79 Å². The SMILES string of the molecule is Cc1ccc(-c2cccc(COc3ccc4c(c3)CN(C3CC=CC3)C4=O)c2)cc1C(=O)O. The number of hydrogen-bond donors (Lipinski definition) is 1. The van der Waals surface area contributed by atoms with Gasteiger partial charge >= 0.3 is 5.97 Å². The van der Waals surface area contributed by atoms with Crippen LogP contribution in [0.25, 0.3) is 11.1 Å². The molecule has 0 radical (unpaired) electrons. The standard InChI is InChI=1S/C28H25NO4/c1-18-9-10-21(15-26(18)28(31)32)20-6-4-5-19(13-20)17-33-24-11-12-25-22(14-24)16-29(27(25)30)23-7-2-3-8-23/h2-6,9-15,23H,7-8,16-17H2,1H3,(H,31,32). The number of ether oxygens (including phenoxy) is 1. The molecule has 0 fully saturated rings. The van der Waals surface area contributed by atoms with Crippen LogP contribution in [-0.4, -0.2) is 27.9 Å². The van der Waals surface area contributed by atoms with Crippen LogP contribution in [-0.2, 0) is 13.2 Å². The Hall–Kier alpha value is -3.86. The van der Waals surface area contributed by atoms with Crippen molar-refractivity contribution in [3.05, 3.63) is 101 Å². The lowest BCUT2D eigenvalue weighted by atomic mass is 9.98. The van der Waals surface area contributed by atoms with Gasteiger partial charge in [-0.15, -0.1) is 0 Å². The minimum atomic E-state index is -0.924. The number of aromatic carboxylic acids is 1. The Morgan fingerprint density at radius 1 is 1.03 bits per heavy atom. The maximum atomic E-state index is 12.8. The van der Waals surface area contributed by atoms with Crippen LogP contribution in [0.2, 0.25) is 0 Å². The van der Waals surface area contributed by atoms with Gasteiger partial charge in [0.2, 0.25) is 0 Å².